The van der Waals surface area contributed by atoms with E-state index in [0.717, 1.165) is 29.8 Å². The molecule has 1 heterocycles. The maximum absolute atomic E-state index is 12.8. The maximum Gasteiger partial charge on any atom is 0.233 e. The Kier molecular flexibility index (Phi) is 3.97. The molecule has 114 valence electrons. The van der Waals surface area contributed by atoms with E-state index < -0.39 is 0 Å². The summed E-state index contributed by atoms with van der Waals surface area (Å²) in [6.45, 7) is 6.34. The van der Waals surface area contributed by atoms with Crippen molar-refractivity contribution in [3.05, 3.63) is 58.9 Å². The monoisotopic (exact) mass is 294 g/mol. The number of nitrogens with one attached hydrogen (secondary N) is 1. The molecule has 2 aromatic rings. The minimum Gasteiger partial charge on any atom is -0.325 e. The second kappa shape index (κ2) is 5.91. The first-order chi connectivity index (χ1) is 10.6. The third kappa shape index (κ3) is 2.63. The minimum absolute atomic E-state index is 0.0636. The van der Waals surface area contributed by atoms with Crippen molar-refractivity contribution in [1.29, 1.82) is 0 Å². The predicted octanol–water partition coefficient (Wildman–Crippen LogP) is 4.18. The molecule has 3 rings (SSSR count). The lowest BCUT2D eigenvalue weighted by molar-refractivity contribution is -0.117. The number of aryl methyl sites for hydroxylation is 2. The normalized spacial score (nSPS) is 16.6. The molecule has 1 aromatic carbocycles. The predicted molar refractivity (Wildman–Crippen MR) is 89.2 cm³/mol. The van der Waals surface area contributed by atoms with E-state index in [2.05, 4.69) is 36.3 Å². The second-order valence-corrected chi connectivity index (χ2v) is 6.32. The molecule has 3 nitrogen and oxygen atoms in total. The highest BCUT2D eigenvalue weighted by atomic mass is 16.1. The molecular formula is C19H22N2O. The zero-order valence-electron chi connectivity index (χ0n) is 13.4. The van der Waals surface area contributed by atoms with Crippen LogP contribution >= 0.6 is 0 Å². The van der Waals surface area contributed by atoms with Crippen LogP contribution in [0, 0.1) is 6.92 Å². The fourth-order valence-corrected chi connectivity index (χ4v) is 3.22. The molecule has 1 aromatic heterocycles. The third-order valence-electron chi connectivity index (χ3n) is 4.45. The fraction of sp³-hybridized carbons (Fsp3) is 0.368. The van der Waals surface area contributed by atoms with E-state index in [1.54, 1.807) is 6.20 Å². The molecule has 1 aliphatic rings. The van der Waals surface area contributed by atoms with Crippen LogP contribution in [0.5, 0.6) is 0 Å². The molecule has 0 saturated heterocycles. The van der Waals surface area contributed by atoms with Crippen molar-refractivity contribution in [1.82, 2.24) is 4.98 Å². The minimum atomic E-state index is -0.129. The maximum atomic E-state index is 12.8. The van der Waals surface area contributed by atoms with Gasteiger partial charge >= 0.3 is 0 Å². The van der Waals surface area contributed by atoms with Crippen molar-refractivity contribution >= 4 is 11.6 Å². The highest BCUT2D eigenvalue weighted by Crippen LogP contribution is 2.34. The number of hydrogen-bond donors (Lipinski definition) is 1. The van der Waals surface area contributed by atoms with Crippen LogP contribution < -0.4 is 5.32 Å². The molecule has 0 radical (unpaired) electrons. The number of aromatic nitrogens is 1. The number of amides is 1. The molecule has 1 aliphatic carbocycles. The van der Waals surface area contributed by atoms with Crippen LogP contribution in [-0.2, 0) is 11.2 Å². The third-order valence-corrected chi connectivity index (χ3v) is 4.45. The first-order valence-corrected chi connectivity index (χ1v) is 7.92. The highest BCUT2D eigenvalue weighted by molar-refractivity contribution is 5.97. The van der Waals surface area contributed by atoms with Crippen LogP contribution in [0.2, 0.25) is 0 Å². The van der Waals surface area contributed by atoms with Gasteiger partial charge in [0.15, 0.2) is 0 Å². The molecule has 0 fully saturated rings. The number of anilines is 1. The molecule has 0 spiro atoms. The van der Waals surface area contributed by atoms with Gasteiger partial charge < -0.3 is 5.32 Å². The van der Waals surface area contributed by atoms with Crippen molar-refractivity contribution in [3.63, 3.8) is 0 Å². The summed E-state index contributed by atoms with van der Waals surface area (Å²) in [7, 11) is 0. The van der Waals surface area contributed by atoms with Crippen LogP contribution in [0.3, 0.4) is 0 Å². The molecule has 0 aliphatic heterocycles. The molecule has 1 N–H and O–H groups in total. The number of rotatable bonds is 3. The van der Waals surface area contributed by atoms with Crippen molar-refractivity contribution in [2.24, 2.45) is 0 Å². The van der Waals surface area contributed by atoms with Crippen LogP contribution in [-0.4, -0.2) is 10.9 Å². The summed E-state index contributed by atoms with van der Waals surface area (Å²) in [4.78, 5) is 17.2. The summed E-state index contributed by atoms with van der Waals surface area (Å²) in [5, 5.41) is 3.16. The summed E-state index contributed by atoms with van der Waals surface area (Å²) in [6, 6.07) is 10.2. The van der Waals surface area contributed by atoms with E-state index in [1.807, 2.05) is 25.1 Å². The van der Waals surface area contributed by atoms with Gasteiger partial charge in [0.2, 0.25) is 5.91 Å². The Morgan fingerprint density at radius 2 is 2.09 bits per heavy atom. The second-order valence-electron chi connectivity index (χ2n) is 6.32. The van der Waals surface area contributed by atoms with Gasteiger partial charge in [0.05, 0.1) is 11.6 Å². The molecule has 1 atom stereocenters. The lowest BCUT2D eigenvalue weighted by Crippen LogP contribution is -2.21. The Balaban J connectivity index is 1.88. The van der Waals surface area contributed by atoms with Crippen LogP contribution in [0.15, 0.2) is 36.5 Å². The van der Waals surface area contributed by atoms with E-state index in [4.69, 9.17) is 0 Å². The number of carbonyl (C=O) groups excluding carboxylic acids is 1. The summed E-state index contributed by atoms with van der Waals surface area (Å²) >= 11 is 0. The molecule has 3 heteroatoms. The average Bonchev–Trinajstić information content (AvgIpc) is 2.93. The fourth-order valence-electron chi connectivity index (χ4n) is 3.22. The summed E-state index contributed by atoms with van der Waals surface area (Å²) in [5.74, 6) is 0.314. The first-order valence-electron chi connectivity index (χ1n) is 7.92. The number of carbonyl (C=O) groups is 1. The number of hydrogen-bond acceptors (Lipinski definition) is 2. The average molecular weight is 294 g/mol. The molecule has 1 unspecified atom stereocenters. The molecular weight excluding hydrogens is 272 g/mol. The molecule has 22 heavy (non-hydrogen) atoms. The highest BCUT2D eigenvalue weighted by Gasteiger charge is 2.30. The zero-order valence-corrected chi connectivity index (χ0v) is 13.4. The number of fused-ring (bicyclic) bond motifs is 1. The summed E-state index contributed by atoms with van der Waals surface area (Å²) < 4.78 is 0. The van der Waals surface area contributed by atoms with Gasteiger partial charge in [0.25, 0.3) is 0 Å². The van der Waals surface area contributed by atoms with Crippen molar-refractivity contribution in [2.75, 3.05) is 5.32 Å². The number of para-hydroxylation sites is 1. The number of pyridine rings is 1. The van der Waals surface area contributed by atoms with Crippen molar-refractivity contribution < 1.29 is 4.79 Å². The quantitative estimate of drug-likeness (QED) is 0.922. The van der Waals surface area contributed by atoms with Gasteiger partial charge in [-0.1, -0.05) is 38.1 Å². The van der Waals surface area contributed by atoms with Crippen molar-refractivity contribution in [2.45, 2.75) is 45.4 Å². The van der Waals surface area contributed by atoms with Crippen LogP contribution in [0.4, 0.5) is 5.69 Å². The van der Waals surface area contributed by atoms with E-state index >= 15 is 0 Å². The number of nitrogens with zero attached hydrogens (tertiary/aromatic N) is 1. The van der Waals surface area contributed by atoms with E-state index in [-0.39, 0.29) is 11.8 Å². The Morgan fingerprint density at radius 1 is 1.27 bits per heavy atom. The lowest BCUT2D eigenvalue weighted by Gasteiger charge is -2.18. The SMILES string of the molecule is Cc1cccc(C(C)C)c1NC(=O)C1CCc2cccnc21. The summed E-state index contributed by atoms with van der Waals surface area (Å²) in [6.07, 6.45) is 3.56. The molecule has 1 amide bonds. The van der Waals surface area contributed by atoms with Crippen molar-refractivity contribution in [3.8, 4) is 0 Å². The zero-order chi connectivity index (χ0) is 15.7. The van der Waals surface area contributed by atoms with E-state index in [0.29, 0.717) is 5.92 Å². The standard InChI is InChI=1S/C19H22N2O/c1-12(2)15-8-4-6-13(3)17(15)21-19(22)16-10-9-14-7-5-11-20-18(14)16/h4-8,11-12,16H,9-10H2,1-3H3,(H,21,22). The smallest absolute Gasteiger partial charge is 0.233 e. The largest absolute Gasteiger partial charge is 0.325 e. The molecule has 0 saturated carbocycles. The van der Waals surface area contributed by atoms with Crippen LogP contribution in [0.25, 0.3) is 0 Å². The lowest BCUT2D eigenvalue weighted by atomic mass is 9.97. The topological polar surface area (TPSA) is 42.0 Å². The van der Waals surface area contributed by atoms with Gasteiger partial charge in [-0.15, -0.1) is 0 Å². The van der Waals surface area contributed by atoms with Gasteiger partial charge in [-0.25, -0.2) is 0 Å². The van der Waals surface area contributed by atoms with Gasteiger partial charge in [-0.05, 0) is 48.4 Å². The van der Waals surface area contributed by atoms with E-state index in [9.17, 15) is 4.79 Å². The Bertz CT molecular complexity index is 706. The Labute approximate surface area is 131 Å². The Hall–Kier alpha value is -2.16. The van der Waals surface area contributed by atoms with Crippen LogP contribution in [0.1, 0.15) is 54.5 Å². The van der Waals surface area contributed by atoms with Gasteiger partial charge in [0, 0.05) is 11.9 Å². The van der Waals surface area contributed by atoms with E-state index in [1.165, 1.54) is 11.1 Å². The summed E-state index contributed by atoms with van der Waals surface area (Å²) in [5.41, 5.74) is 5.41. The number of benzene rings is 1. The van der Waals surface area contributed by atoms with Gasteiger partial charge in [0.1, 0.15) is 0 Å². The van der Waals surface area contributed by atoms with Gasteiger partial charge in [-0.3, -0.25) is 9.78 Å². The Morgan fingerprint density at radius 3 is 2.86 bits per heavy atom. The first kappa shape index (κ1) is 14.8. The molecule has 0 bridgehead atoms. The van der Waals surface area contributed by atoms with Gasteiger partial charge in [-0.2, -0.15) is 0 Å².